The Hall–Kier alpha value is -2.83. The topological polar surface area (TPSA) is 77.8 Å². The third-order valence-electron chi connectivity index (χ3n) is 3.31. The van der Waals surface area contributed by atoms with Gasteiger partial charge in [-0.15, -0.1) is 0 Å². The van der Waals surface area contributed by atoms with Crippen molar-refractivity contribution in [1.29, 1.82) is 0 Å². The van der Waals surface area contributed by atoms with Crippen LogP contribution in [0.2, 0.25) is 0 Å². The molecule has 0 fully saturated rings. The van der Waals surface area contributed by atoms with Crippen LogP contribution in [0.5, 0.6) is 0 Å². The summed E-state index contributed by atoms with van der Waals surface area (Å²) in [6.07, 6.45) is -3.02. The van der Waals surface area contributed by atoms with E-state index in [4.69, 9.17) is 11.5 Å². The molecule has 112 valence electrons. The highest BCUT2D eigenvalue weighted by molar-refractivity contribution is 5.98. The van der Waals surface area contributed by atoms with Crippen LogP contribution in [0.3, 0.4) is 0 Å². The quantitative estimate of drug-likeness (QED) is 0.721. The number of alkyl halides is 3. The van der Waals surface area contributed by atoms with E-state index in [9.17, 15) is 13.2 Å². The van der Waals surface area contributed by atoms with Crippen molar-refractivity contribution in [3.8, 4) is 11.1 Å². The number of benzene rings is 1. The summed E-state index contributed by atoms with van der Waals surface area (Å²) >= 11 is 0. The molecule has 0 unspecified atom stereocenters. The summed E-state index contributed by atoms with van der Waals surface area (Å²) in [5.74, 6) is 0.386. The highest BCUT2D eigenvalue weighted by atomic mass is 19.4. The number of pyridine rings is 2. The van der Waals surface area contributed by atoms with Crippen LogP contribution in [0.1, 0.15) is 5.56 Å². The fourth-order valence-corrected chi connectivity index (χ4v) is 2.36. The highest BCUT2D eigenvalue weighted by Crippen LogP contribution is 2.38. The molecule has 1 aromatic carbocycles. The average Bonchev–Trinajstić information content (AvgIpc) is 2.45. The van der Waals surface area contributed by atoms with Crippen LogP contribution in [0.15, 0.2) is 42.6 Å². The van der Waals surface area contributed by atoms with Crippen LogP contribution in [0, 0.1) is 0 Å². The molecule has 3 rings (SSSR count). The molecule has 0 saturated heterocycles. The Morgan fingerprint density at radius 3 is 2.32 bits per heavy atom. The van der Waals surface area contributed by atoms with Gasteiger partial charge in [-0.2, -0.15) is 13.2 Å². The molecule has 0 radical (unpaired) electrons. The van der Waals surface area contributed by atoms with E-state index >= 15 is 0 Å². The maximum Gasteiger partial charge on any atom is 0.417 e. The smallest absolute Gasteiger partial charge is 0.384 e. The molecule has 0 bridgehead atoms. The Bertz CT molecular complexity index is 859. The van der Waals surface area contributed by atoms with Gasteiger partial charge in [-0.25, -0.2) is 4.98 Å². The SMILES string of the molecule is Nc1ccc(-c2ccc(C(F)(F)F)c3cccnc23)c(N)n1. The van der Waals surface area contributed by atoms with Gasteiger partial charge in [-0.1, -0.05) is 12.1 Å². The van der Waals surface area contributed by atoms with E-state index in [0.29, 0.717) is 11.1 Å². The van der Waals surface area contributed by atoms with E-state index in [1.54, 1.807) is 6.07 Å². The molecule has 0 amide bonds. The molecule has 0 atom stereocenters. The van der Waals surface area contributed by atoms with E-state index in [1.807, 2.05) is 0 Å². The molecule has 0 aliphatic heterocycles. The van der Waals surface area contributed by atoms with Crippen LogP contribution in [0.25, 0.3) is 22.0 Å². The number of hydrogen-bond acceptors (Lipinski definition) is 4. The fourth-order valence-electron chi connectivity index (χ4n) is 2.36. The zero-order chi connectivity index (χ0) is 15.9. The number of anilines is 2. The maximum absolute atomic E-state index is 13.1. The van der Waals surface area contributed by atoms with Gasteiger partial charge < -0.3 is 11.5 Å². The number of nitrogens with zero attached hydrogens (tertiary/aromatic N) is 2. The lowest BCUT2D eigenvalue weighted by Gasteiger charge is -2.14. The minimum atomic E-state index is -4.45. The van der Waals surface area contributed by atoms with Crippen LogP contribution in [-0.2, 0) is 6.18 Å². The van der Waals surface area contributed by atoms with Crippen molar-refractivity contribution >= 4 is 22.5 Å². The van der Waals surface area contributed by atoms with Gasteiger partial charge in [0, 0.05) is 22.7 Å². The molecule has 4 nitrogen and oxygen atoms in total. The molecule has 22 heavy (non-hydrogen) atoms. The summed E-state index contributed by atoms with van der Waals surface area (Å²) in [5, 5.41) is 0.0173. The maximum atomic E-state index is 13.1. The number of rotatable bonds is 1. The number of fused-ring (bicyclic) bond motifs is 1. The fraction of sp³-hybridized carbons (Fsp3) is 0.0667. The first kappa shape index (κ1) is 14.1. The van der Waals surface area contributed by atoms with E-state index < -0.39 is 11.7 Å². The first-order valence-electron chi connectivity index (χ1n) is 6.35. The second-order valence-electron chi connectivity index (χ2n) is 4.73. The minimum absolute atomic E-state index is 0.0173. The van der Waals surface area contributed by atoms with Crippen molar-refractivity contribution in [2.45, 2.75) is 6.18 Å². The Kier molecular flexibility index (Phi) is 3.13. The number of nitrogen functional groups attached to an aromatic ring is 2. The van der Waals surface area contributed by atoms with E-state index in [-0.39, 0.29) is 22.5 Å². The van der Waals surface area contributed by atoms with Crippen molar-refractivity contribution in [2.75, 3.05) is 11.5 Å². The van der Waals surface area contributed by atoms with Gasteiger partial charge >= 0.3 is 6.18 Å². The summed E-state index contributed by atoms with van der Waals surface area (Å²) in [6, 6.07) is 8.38. The molecule has 0 aliphatic carbocycles. The molecule has 4 N–H and O–H groups in total. The zero-order valence-electron chi connectivity index (χ0n) is 11.2. The van der Waals surface area contributed by atoms with Crippen molar-refractivity contribution in [3.05, 3.63) is 48.2 Å². The lowest BCUT2D eigenvalue weighted by atomic mass is 9.98. The van der Waals surface area contributed by atoms with Crippen LogP contribution < -0.4 is 11.5 Å². The first-order valence-corrected chi connectivity index (χ1v) is 6.35. The normalized spacial score (nSPS) is 11.8. The molecule has 2 heterocycles. The summed E-state index contributed by atoms with van der Waals surface area (Å²) in [6.45, 7) is 0. The van der Waals surface area contributed by atoms with Gasteiger partial charge in [-0.3, -0.25) is 4.98 Å². The molecule has 0 spiro atoms. The van der Waals surface area contributed by atoms with E-state index in [1.165, 1.54) is 30.5 Å². The largest absolute Gasteiger partial charge is 0.417 e. The second kappa shape index (κ2) is 4.87. The molecular weight excluding hydrogens is 293 g/mol. The van der Waals surface area contributed by atoms with E-state index in [0.717, 1.165) is 6.07 Å². The zero-order valence-corrected chi connectivity index (χ0v) is 11.2. The second-order valence-corrected chi connectivity index (χ2v) is 4.73. The van der Waals surface area contributed by atoms with Crippen molar-refractivity contribution in [2.24, 2.45) is 0 Å². The Morgan fingerprint density at radius 2 is 1.64 bits per heavy atom. The Balaban J connectivity index is 2.33. The van der Waals surface area contributed by atoms with Gasteiger partial charge in [0.25, 0.3) is 0 Å². The Morgan fingerprint density at radius 1 is 0.909 bits per heavy atom. The molecule has 2 aromatic heterocycles. The number of halogens is 3. The number of aromatic nitrogens is 2. The number of hydrogen-bond donors (Lipinski definition) is 2. The summed E-state index contributed by atoms with van der Waals surface area (Å²) in [4.78, 5) is 8.01. The van der Waals surface area contributed by atoms with Crippen molar-refractivity contribution in [1.82, 2.24) is 9.97 Å². The minimum Gasteiger partial charge on any atom is -0.384 e. The molecule has 3 aromatic rings. The van der Waals surface area contributed by atoms with Crippen LogP contribution >= 0.6 is 0 Å². The van der Waals surface area contributed by atoms with Gasteiger partial charge in [0.15, 0.2) is 0 Å². The standard InChI is InChI=1S/C15H11F3N4/c16-15(17,18)11-5-3-8(13-10(11)2-1-7-21-13)9-4-6-12(19)22-14(9)20/h1-7H,(H4,19,20,22). The average molecular weight is 304 g/mol. The molecule has 0 saturated carbocycles. The Labute approximate surface area is 123 Å². The third-order valence-corrected chi connectivity index (χ3v) is 3.31. The van der Waals surface area contributed by atoms with Crippen LogP contribution in [0.4, 0.5) is 24.8 Å². The summed E-state index contributed by atoms with van der Waals surface area (Å²) < 4.78 is 39.3. The summed E-state index contributed by atoms with van der Waals surface area (Å²) in [7, 11) is 0. The van der Waals surface area contributed by atoms with Gasteiger partial charge in [0.1, 0.15) is 11.6 Å². The highest BCUT2D eigenvalue weighted by Gasteiger charge is 2.33. The number of nitrogens with two attached hydrogens (primary N) is 2. The van der Waals surface area contributed by atoms with Crippen LogP contribution in [-0.4, -0.2) is 9.97 Å². The van der Waals surface area contributed by atoms with Crippen molar-refractivity contribution in [3.63, 3.8) is 0 Å². The predicted octanol–water partition coefficient (Wildman–Crippen LogP) is 3.48. The summed E-state index contributed by atoms with van der Waals surface area (Å²) in [5.41, 5.74) is 11.8. The third kappa shape index (κ3) is 2.30. The van der Waals surface area contributed by atoms with Crippen molar-refractivity contribution < 1.29 is 13.2 Å². The monoisotopic (exact) mass is 304 g/mol. The molecule has 0 aliphatic rings. The first-order chi connectivity index (χ1) is 10.4. The lowest BCUT2D eigenvalue weighted by Crippen LogP contribution is -2.06. The molecule has 7 heteroatoms. The molecular formula is C15H11F3N4. The van der Waals surface area contributed by atoms with Gasteiger partial charge in [0.05, 0.1) is 11.1 Å². The van der Waals surface area contributed by atoms with Gasteiger partial charge in [-0.05, 0) is 24.3 Å². The lowest BCUT2D eigenvalue weighted by molar-refractivity contribution is -0.136. The van der Waals surface area contributed by atoms with Gasteiger partial charge in [0.2, 0.25) is 0 Å². The predicted molar refractivity (Wildman–Crippen MR) is 78.8 cm³/mol. The van der Waals surface area contributed by atoms with E-state index in [2.05, 4.69) is 9.97 Å².